The van der Waals surface area contributed by atoms with Gasteiger partial charge in [-0.05, 0) is 55.5 Å². The summed E-state index contributed by atoms with van der Waals surface area (Å²) >= 11 is 0. The minimum atomic E-state index is 0.379. The monoisotopic (exact) mass is 357 g/mol. The van der Waals surface area contributed by atoms with E-state index in [-0.39, 0.29) is 0 Å². The Hall–Kier alpha value is -2.94. The molecule has 0 amide bonds. The lowest BCUT2D eigenvalue weighted by atomic mass is 10.1. The number of fused-ring (bicyclic) bond motifs is 3. The maximum atomic E-state index is 6.15. The first-order chi connectivity index (χ1) is 13.3. The molecule has 1 heterocycles. The second-order valence-electron chi connectivity index (χ2n) is 7.34. The van der Waals surface area contributed by atoms with Crippen LogP contribution in [0.2, 0.25) is 0 Å². The maximum Gasteiger partial charge on any atom is 0.121 e. The smallest absolute Gasteiger partial charge is 0.121 e. The molecule has 1 aromatic heterocycles. The van der Waals surface area contributed by atoms with E-state index in [2.05, 4.69) is 47.4 Å². The molecule has 1 fully saturated rings. The second kappa shape index (κ2) is 6.99. The van der Waals surface area contributed by atoms with Crippen molar-refractivity contribution in [2.45, 2.75) is 38.4 Å². The first-order valence-corrected chi connectivity index (χ1v) is 9.74. The predicted octanol–water partition coefficient (Wildman–Crippen LogP) is 6.22. The molecule has 0 unspecified atom stereocenters. The van der Waals surface area contributed by atoms with Crippen molar-refractivity contribution in [3.8, 4) is 11.5 Å². The Labute approximate surface area is 158 Å². The van der Waals surface area contributed by atoms with Gasteiger partial charge in [0.1, 0.15) is 18.1 Å². The van der Waals surface area contributed by atoms with Gasteiger partial charge < -0.3 is 14.5 Å². The van der Waals surface area contributed by atoms with E-state index in [0.717, 1.165) is 22.5 Å². The van der Waals surface area contributed by atoms with Crippen LogP contribution in [0.25, 0.3) is 21.8 Å². The van der Waals surface area contributed by atoms with E-state index < -0.39 is 0 Å². The van der Waals surface area contributed by atoms with Gasteiger partial charge in [0.05, 0.1) is 17.1 Å². The molecule has 27 heavy (non-hydrogen) atoms. The zero-order chi connectivity index (χ0) is 18.1. The van der Waals surface area contributed by atoms with Gasteiger partial charge in [0.25, 0.3) is 0 Å². The average Bonchev–Trinajstić information content (AvgIpc) is 3.33. The van der Waals surface area contributed by atoms with Crippen LogP contribution in [-0.4, -0.2) is 11.1 Å². The summed E-state index contributed by atoms with van der Waals surface area (Å²) in [5.74, 6) is 1.84. The lowest BCUT2D eigenvalue weighted by Crippen LogP contribution is -2.10. The van der Waals surface area contributed by atoms with Crippen molar-refractivity contribution < 1.29 is 9.47 Å². The largest absolute Gasteiger partial charge is 0.490 e. The molecule has 0 bridgehead atoms. The van der Waals surface area contributed by atoms with Crippen LogP contribution in [-0.2, 0) is 6.61 Å². The summed E-state index contributed by atoms with van der Waals surface area (Å²) in [5, 5.41) is 2.43. The molecule has 5 rings (SSSR count). The Kier molecular flexibility index (Phi) is 4.21. The summed E-state index contributed by atoms with van der Waals surface area (Å²) in [6.07, 6.45) is 5.29. The SMILES string of the molecule is c1ccc(COc2ccc3c(c2)[nH]c2cc(OC4CCCC4)ccc23)cc1. The van der Waals surface area contributed by atoms with E-state index in [1.54, 1.807) is 0 Å². The van der Waals surface area contributed by atoms with Crippen LogP contribution in [0.5, 0.6) is 11.5 Å². The van der Waals surface area contributed by atoms with Gasteiger partial charge in [0.2, 0.25) is 0 Å². The van der Waals surface area contributed by atoms with Crippen LogP contribution in [0.1, 0.15) is 31.2 Å². The molecule has 4 aromatic rings. The Morgan fingerprint density at radius 1 is 0.778 bits per heavy atom. The normalized spacial score (nSPS) is 14.8. The first kappa shape index (κ1) is 16.2. The molecular formula is C24H23NO2. The van der Waals surface area contributed by atoms with Crippen molar-refractivity contribution in [2.24, 2.45) is 0 Å². The van der Waals surface area contributed by atoms with E-state index in [1.165, 1.54) is 42.0 Å². The van der Waals surface area contributed by atoms with Gasteiger partial charge in [0, 0.05) is 22.9 Å². The summed E-state index contributed by atoms with van der Waals surface area (Å²) in [5.41, 5.74) is 3.37. The highest BCUT2D eigenvalue weighted by Crippen LogP contribution is 2.32. The van der Waals surface area contributed by atoms with Crippen LogP contribution >= 0.6 is 0 Å². The van der Waals surface area contributed by atoms with Gasteiger partial charge in [-0.15, -0.1) is 0 Å². The molecule has 136 valence electrons. The van der Waals surface area contributed by atoms with E-state index >= 15 is 0 Å². The Bertz CT molecular complexity index is 1060. The van der Waals surface area contributed by atoms with Crippen LogP contribution < -0.4 is 9.47 Å². The van der Waals surface area contributed by atoms with E-state index in [9.17, 15) is 0 Å². The van der Waals surface area contributed by atoms with Crippen molar-refractivity contribution in [3.05, 3.63) is 72.3 Å². The third-order valence-corrected chi connectivity index (χ3v) is 5.39. The molecule has 0 aliphatic heterocycles. The summed E-state index contributed by atoms with van der Waals surface area (Å²) in [6.45, 7) is 0.575. The lowest BCUT2D eigenvalue weighted by molar-refractivity contribution is 0.210. The van der Waals surface area contributed by atoms with Gasteiger partial charge in [-0.25, -0.2) is 0 Å². The minimum Gasteiger partial charge on any atom is -0.490 e. The second-order valence-corrected chi connectivity index (χ2v) is 7.34. The quantitative estimate of drug-likeness (QED) is 0.460. The summed E-state index contributed by atoms with van der Waals surface area (Å²) in [6, 6.07) is 22.9. The van der Waals surface area contributed by atoms with Crippen LogP contribution in [0.4, 0.5) is 0 Å². The minimum absolute atomic E-state index is 0.379. The maximum absolute atomic E-state index is 6.15. The van der Waals surface area contributed by atoms with Gasteiger partial charge in [-0.1, -0.05) is 30.3 Å². The summed E-state index contributed by atoms with van der Waals surface area (Å²) in [7, 11) is 0. The molecule has 1 aliphatic rings. The van der Waals surface area contributed by atoms with Gasteiger partial charge in [-0.3, -0.25) is 0 Å². The number of aromatic nitrogens is 1. The number of benzene rings is 3. The van der Waals surface area contributed by atoms with Crippen LogP contribution in [0.15, 0.2) is 66.7 Å². The molecule has 1 N–H and O–H groups in total. The fourth-order valence-corrected chi connectivity index (χ4v) is 3.97. The summed E-state index contributed by atoms with van der Waals surface area (Å²) < 4.78 is 12.1. The highest BCUT2D eigenvalue weighted by molar-refractivity contribution is 6.07. The number of hydrogen-bond donors (Lipinski definition) is 1. The first-order valence-electron chi connectivity index (χ1n) is 9.74. The Balaban J connectivity index is 1.39. The Morgan fingerprint density at radius 3 is 2.19 bits per heavy atom. The van der Waals surface area contributed by atoms with E-state index in [0.29, 0.717) is 12.7 Å². The number of hydrogen-bond acceptors (Lipinski definition) is 2. The third-order valence-electron chi connectivity index (χ3n) is 5.39. The molecule has 3 aromatic carbocycles. The van der Waals surface area contributed by atoms with Crippen molar-refractivity contribution in [3.63, 3.8) is 0 Å². The van der Waals surface area contributed by atoms with E-state index in [1.807, 2.05) is 24.3 Å². The van der Waals surface area contributed by atoms with Gasteiger partial charge in [-0.2, -0.15) is 0 Å². The molecule has 1 aliphatic carbocycles. The lowest BCUT2D eigenvalue weighted by Gasteiger charge is -2.12. The molecule has 0 atom stereocenters. The average molecular weight is 357 g/mol. The molecular weight excluding hydrogens is 334 g/mol. The number of rotatable bonds is 5. The highest BCUT2D eigenvalue weighted by Gasteiger charge is 2.17. The van der Waals surface area contributed by atoms with Crippen LogP contribution in [0.3, 0.4) is 0 Å². The van der Waals surface area contributed by atoms with Crippen molar-refractivity contribution in [1.82, 2.24) is 4.98 Å². The van der Waals surface area contributed by atoms with Crippen molar-refractivity contribution in [1.29, 1.82) is 0 Å². The number of ether oxygens (including phenoxy) is 2. The third kappa shape index (κ3) is 3.37. The topological polar surface area (TPSA) is 34.2 Å². The zero-order valence-electron chi connectivity index (χ0n) is 15.3. The highest BCUT2D eigenvalue weighted by atomic mass is 16.5. The van der Waals surface area contributed by atoms with Crippen molar-refractivity contribution >= 4 is 21.8 Å². The molecule has 3 nitrogen and oxygen atoms in total. The van der Waals surface area contributed by atoms with Crippen LogP contribution in [0, 0.1) is 0 Å². The zero-order valence-corrected chi connectivity index (χ0v) is 15.3. The van der Waals surface area contributed by atoms with Gasteiger partial charge in [0.15, 0.2) is 0 Å². The van der Waals surface area contributed by atoms with Gasteiger partial charge >= 0.3 is 0 Å². The number of nitrogens with one attached hydrogen (secondary N) is 1. The Morgan fingerprint density at radius 2 is 1.44 bits per heavy atom. The molecule has 0 saturated heterocycles. The molecule has 3 heteroatoms. The standard InChI is InChI=1S/C24H23NO2/c1-2-6-17(7-3-1)16-26-19-10-12-21-22-13-11-20(27-18-8-4-5-9-18)15-24(22)25-23(21)14-19/h1-3,6-7,10-15,18,25H,4-5,8-9,16H2. The fraction of sp³-hybridized carbons (Fsp3) is 0.250. The number of H-pyrrole nitrogens is 1. The molecule has 1 saturated carbocycles. The summed E-state index contributed by atoms with van der Waals surface area (Å²) in [4.78, 5) is 3.52. The van der Waals surface area contributed by atoms with E-state index in [4.69, 9.17) is 9.47 Å². The number of aromatic amines is 1. The molecule has 0 radical (unpaired) electrons. The molecule has 0 spiro atoms. The van der Waals surface area contributed by atoms with Crippen molar-refractivity contribution in [2.75, 3.05) is 0 Å². The predicted molar refractivity (Wildman–Crippen MR) is 109 cm³/mol. The fourth-order valence-electron chi connectivity index (χ4n) is 3.97.